The van der Waals surface area contributed by atoms with Crippen LogP contribution in [-0.4, -0.2) is 37.9 Å². The van der Waals surface area contributed by atoms with Crippen molar-refractivity contribution in [2.45, 2.75) is 50.9 Å². The molecule has 3 aliphatic carbocycles. The van der Waals surface area contributed by atoms with E-state index in [9.17, 15) is 4.79 Å². The number of halogens is 1. The van der Waals surface area contributed by atoms with Crippen LogP contribution in [0.5, 0.6) is 5.75 Å². The fourth-order valence-corrected chi connectivity index (χ4v) is 5.64. The topological polar surface area (TPSA) is 29.5 Å². The highest BCUT2D eigenvalue weighted by atomic mass is 35.5. The molecule has 1 aromatic rings. The van der Waals surface area contributed by atoms with E-state index < -0.39 is 0 Å². The number of ether oxygens (including phenoxy) is 1. The monoisotopic (exact) mass is 377 g/mol. The van der Waals surface area contributed by atoms with E-state index in [1.807, 2.05) is 0 Å². The summed E-state index contributed by atoms with van der Waals surface area (Å²) in [5.41, 5.74) is 3.05. The highest BCUT2D eigenvalue weighted by Gasteiger charge is 2.47. The van der Waals surface area contributed by atoms with Gasteiger partial charge in [-0.05, 0) is 93.6 Å². The second-order valence-electron chi connectivity index (χ2n) is 8.53. The summed E-state index contributed by atoms with van der Waals surface area (Å²) < 4.78 is 5.97. The van der Waals surface area contributed by atoms with Crippen LogP contribution in [0, 0.1) is 17.8 Å². The number of fused-ring (bicyclic) bond motifs is 5. The van der Waals surface area contributed by atoms with E-state index in [1.165, 1.54) is 18.4 Å². The highest BCUT2D eigenvalue weighted by Crippen LogP contribution is 2.54. The van der Waals surface area contributed by atoms with E-state index in [2.05, 4.69) is 37.2 Å². The second kappa shape index (κ2) is 8.31. The Hall–Kier alpha value is -1.06. The van der Waals surface area contributed by atoms with Gasteiger partial charge in [0.25, 0.3) is 0 Å². The quantitative estimate of drug-likeness (QED) is 0.709. The summed E-state index contributed by atoms with van der Waals surface area (Å²) in [6.07, 6.45) is 7.78. The first-order chi connectivity index (χ1) is 12.1. The lowest BCUT2D eigenvalue weighted by Gasteiger charge is -2.43. The first kappa shape index (κ1) is 19.7. The van der Waals surface area contributed by atoms with E-state index in [-0.39, 0.29) is 12.4 Å². The van der Waals surface area contributed by atoms with Crippen LogP contribution in [0.1, 0.15) is 55.6 Å². The van der Waals surface area contributed by atoms with Gasteiger partial charge in [-0.1, -0.05) is 6.07 Å². The van der Waals surface area contributed by atoms with Gasteiger partial charge in [-0.2, -0.15) is 0 Å². The highest BCUT2D eigenvalue weighted by molar-refractivity contribution is 5.85. The van der Waals surface area contributed by atoms with E-state index in [4.69, 9.17) is 4.74 Å². The third-order valence-corrected chi connectivity index (χ3v) is 6.79. The molecule has 3 nitrogen and oxygen atoms in total. The van der Waals surface area contributed by atoms with E-state index in [0.29, 0.717) is 23.5 Å². The number of ketones is 1. The van der Waals surface area contributed by atoms with Gasteiger partial charge < -0.3 is 9.64 Å². The van der Waals surface area contributed by atoms with Crippen molar-refractivity contribution < 1.29 is 9.53 Å². The maximum Gasteiger partial charge on any atom is 0.136 e. The van der Waals surface area contributed by atoms with Gasteiger partial charge in [0.15, 0.2) is 0 Å². The normalized spacial score (nSPS) is 29.6. The number of nitrogens with zero attached hydrogens (tertiary/aromatic N) is 1. The summed E-state index contributed by atoms with van der Waals surface area (Å²) in [6.45, 7) is 1.85. The van der Waals surface area contributed by atoms with Gasteiger partial charge >= 0.3 is 0 Å². The zero-order chi connectivity index (χ0) is 17.4. The Morgan fingerprint density at radius 3 is 2.58 bits per heavy atom. The van der Waals surface area contributed by atoms with Crippen molar-refractivity contribution in [3.05, 3.63) is 29.3 Å². The third-order valence-electron chi connectivity index (χ3n) is 6.79. The van der Waals surface area contributed by atoms with Gasteiger partial charge in [-0.25, -0.2) is 0 Å². The van der Waals surface area contributed by atoms with Crippen LogP contribution in [0.15, 0.2) is 18.2 Å². The Kier molecular flexibility index (Phi) is 6.29. The molecule has 26 heavy (non-hydrogen) atoms. The van der Waals surface area contributed by atoms with Crippen molar-refractivity contribution in [1.29, 1.82) is 0 Å². The van der Waals surface area contributed by atoms with Gasteiger partial charge in [0.1, 0.15) is 11.5 Å². The molecule has 4 unspecified atom stereocenters. The molecule has 144 valence electrons. The molecule has 4 atom stereocenters. The zero-order valence-corrected chi connectivity index (χ0v) is 16.9. The molecule has 0 saturated heterocycles. The number of aryl methyl sites for hydroxylation is 1. The molecule has 0 radical (unpaired) electrons. The molecule has 4 heteroatoms. The average Bonchev–Trinajstić information content (AvgIpc) is 2.99. The summed E-state index contributed by atoms with van der Waals surface area (Å²) >= 11 is 0. The molecule has 0 heterocycles. The fourth-order valence-electron chi connectivity index (χ4n) is 5.64. The SMILES string of the molecule is CN(C)CCCOc1ccc2c(c1)CCC1C2CCC2C(=O)CCC21.Cl. The summed E-state index contributed by atoms with van der Waals surface area (Å²) in [5, 5.41) is 0. The number of benzene rings is 1. The van der Waals surface area contributed by atoms with Crippen LogP contribution in [0.3, 0.4) is 0 Å². The van der Waals surface area contributed by atoms with E-state index >= 15 is 0 Å². The standard InChI is InChI=1S/C22H31NO2.ClH/c1-23(2)12-3-13-25-16-5-7-17-15(14-16)4-6-19-18(17)8-9-21-20(19)10-11-22(21)24;/h5,7,14,18-21H,3-4,6,8-13H2,1-2H3;1H. The van der Waals surface area contributed by atoms with Crippen LogP contribution in [0.2, 0.25) is 0 Å². The predicted octanol–water partition coefficient (Wildman–Crippen LogP) is 4.47. The molecule has 0 N–H and O–H groups in total. The van der Waals surface area contributed by atoms with E-state index in [1.54, 1.807) is 5.56 Å². The van der Waals surface area contributed by atoms with Crippen LogP contribution in [0.4, 0.5) is 0 Å². The summed E-state index contributed by atoms with van der Waals surface area (Å²) in [4.78, 5) is 14.3. The maximum absolute atomic E-state index is 12.1. The smallest absolute Gasteiger partial charge is 0.136 e. The van der Waals surface area contributed by atoms with Crippen LogP contribution in [-0.2, 0) is 11.2 Å². The molecule has 3 aliphatic rings. The molecule has 2 saturated carbocycles. The molecule has 0 bridgehead atoms. The van der Waals surface area contributed by atoms with Crippen molar-refractivity contribution in [2.75, 3.05) is 27.2 Å². The second-order valence-corrected chi connectivity index (χ2v) is 8.53. The molecule has 0 aromatic heterocycles. The first-order valence-electron chi connectivity index (χ1n) is 10.1. The lowest BCUT2D eigenvalue weighted by molar-refractivity contribution is -0.122. The van der Waals surface area contributed by atoms with Crippen molar-refractivity contribution in [1.82, 2.24) is 4.90 Å². The Morgan fingerprint density at radius 1 is 1.04 bits per heavy atom. The van der Waals surface area contributed by atoms with Gasteiger partial charge in [0.05, 0.1) is 6.61 Å². The van der Waals surface area contributed by atoms with Gasteiger partial charge in [0, 0.05) is 18.9 Å². The van der Waals surface area contributed by atoms with Crippen LogP contribution >= 0.6 is 12.4 Å². The minimum Gasteiger partial charge on any atom is -0.494 e. The fraction of sp³-hybridized carbons (Fsp3) is 0.682. The first-order valence-corrected chi connectivity index (χ1v) is 10.1. The molecule has 1 aromatic carbocycles. The Bertz CT molecular complexity index is 645. The molecule has 0 amide bonds. The predicted molar refractivity (Wildman–Crippen MR) is 107 cm³/mol. The summed E-state index contributed by atoms with van der Waals surface area (Å²) in [7, 11) is 4.20. The number of hydrogen-bond donors (Lipinski definition) is 0. The molecule has 4 rings (SSSR count). The van der Waals surface area contributed by atoms with Crippen molar-refractivity contribution in [3.8, 4) is 5.75 Å². The van der Waals surface area contributed by atoms with Gasteiger partial charge in [0.2, 0.25) is 0 Å². The van der Waals surface area contributed by atoms with Crippen molar-refractivity contribution in [2.24, 2.45) is 17.8 Å². The molecule has 2 fully saturated rings. The average molecular weight is 378 g/mol. The van der Waals surface area contributed by atoms with Gasteiger partial charge in [-0.3, -0.25) is 4.79 Å². The number of rotatable bonds is 5. The Labute approximate surface area is 163 Å². The molecular formula is C22H32ClNO2. The molecular weight excluding hydrogens is 346 g/mol. The lowest BCUT2D eigenvalue weighted by atomic mass is 9.61. The summed E-state index contributed by atoms with van der Waals surface area (Å²) in [5.74, 6) is 4.06. The van der Waals surface area contributed by atoms with Crippen LogP contribution in [0.25, 0.3) is 0 Å². The molecule has 0 aliphatic heterocycles. The Balaban J connectivity index is 0.00000196. The number of carbonyl (C=O) groups excluding carboxylic acids is 1. The number of carbonyl (C=O) groups is 1. The largest absolute Gasteiger partial charge is 0.494 e. The minimum absolute atomic E-state index is 0. The molecule has 0 spiro atoms. The van der Waals surface area contributed by atoms with Crippen LogP contribution < -0.4 is 4.74 Å². The van der Waals surface area contributed by atoms with Crippen molar-refractivity contribution >= 4 is 18.2 Å². The lowest BCUT2D eigenvalue weighted by Crippen LogP contribution is -2.35. The van der Waals surface area contributed by atoms with E-state index in [0.717, 1.165) is 56.9 Å². The zero-order valence-electron chi connectivity index (χ0n) is 16.1. The number of hydrogen-bond acceptors (Lipinski definition) is 3. The summed E-state index contributed by atoms with van der Waals surface area (Å²) in [6, 6.07) is 6.78. The third kappa shape index (κ3) is 3.80. The van der Waals surface area contributed by atoms with Crippen molar-refractivity contribution in [3.63, 3.8) is 0 Å². The maximum atomic E-state index is 12.1. The van der Waals surface area contributed by atoms with Gasteiger partial charge in [-0.15, -0.1) is 12.4 Å². The Morgan fingerprint density at radius 2 is 1.77 bits per heavy atom. The number of Topliss-reactive ketones (excluding diaryl/α,β-unsaturated/α-hetero) is 1. The minimum atomic E-state index is 0.